The highest BCUT2D eigenvalue weighted by atomic mass is 16.7. The summed E-state index contributed by atoms with van der Waals surface area (Å²) in [4.78, 5) is 0. The Morgan fingerprint density at radius 2 is 1.72 bits per heavy atom. The van der Waals surface area contributed by atoms with Gasteiger partial charge in [0.05, 0.1) is 32.5 Å². The van der Waals surface area contributed by atoms with E-state index in [4.69, 9.17) is 18.9 Å². The second kappa shape index (κ2) is 10.5. The van der Waals surface area contributed by atoms with E-state index in [1.807, 2.05) is 0 Å². The molecule has 0 aromatic heterocycles. The number of nitrogens with zero attached hydrogens (tertiary/aromatic N) is 1. The van der Waals surface area contributed by atoms with Crippen LogP contribution in [0.25, 0.3) is 12.2 Å². The van der Waals surface area contributed by atoms with Gasteiger partial charge >= 0.3 is 0 Å². The number of ether oxygens (including phenoxy) is 4. The highest BCUT2D eigenvalue weighted by Gasteiger charge is 2.45. The fourth-order valence-electron chi connectivity index (χ4n) is 3.32. The first-order chi connectivity index (χ1) is 15.4. The van der Waals surface area contributed by atoms with Gasteiger partial charge in [0.1, 0.15) is 30.2 Å². The average Bonchev–Trinajstić information content (AvgIpc) is 2.83. The molecule has 9 nitrogen and oxygen atoms in total. The van der Waals surface area contributed by atoms with E-state index in [1.165, 1.54) is 14.2 Å². The molecule has 1 saturated heterocycles. The van der Waals surface area contributed by atoms with Gasteiger partial charge in [-0.25, -0.2) is 0 Å². The van der Waals surface area contributed by atoms with E-state index in [2.05, 4.69) is 6.07 Å². The predicted molar refractivity (Wildman–Crippen MR) is 114 cm³/mol. The van der Waals surface area contributed by atoms with Gasteiger partial charge in [0.25, 0.3) is 0 Å². The van der Waals surface area contributed by atoms with Gasteiger partial charge in [0.2, 0.25) is 6.29 Å². The van der Waals surface area contributed by atoms with Crippen LogP contribution in [0, 0.1) is 11.3 Å². The third-order valence-electron chi connectivity index (χ3n) is 5.12. The first-order valence-electron chi connectivity index (χ1n) is 9.83. The fourth-order valence-corrected chi connectivity index (χ4v) is 3.32. The van der Waals surface area contributed by atoms with E-state index < -0.39 is 37.3 Å². The summed E-state index contributed by atoms with van der Waals surface area (Å²) in [7, 11) is 2.92. The van der Waals surface area contributed by atoms with Gasteiger partial charge in [0.15, 0.2) is 11.5 Å². The number of nitriles is 1. The summed E-state index contributed by atoms with van der Waals surface area (Å²) < 4.78 is 22.1. The Labute approximate surface area is 185 Å². The summed E-state index contributed by atoms with van der Waals surface area (Å²) in [6.45, 7) is -0.581. The third-order valence-corrected chi connectivity index (χ3v) is 5.12. The van der Waals surface area contributed by atoms with E-state index >= 15 is 0 Å². The molecule has 0 amide bonds. The van der Waals surface area contributed by atoms with Gasteiger partial charge in [-0.3, -0.25) is 0 Å². The minimum atomic E-state index is -1.59. The van der Waals surface area contributed by atoms with E-state index in [9.17, 15) is 25.7 Å². The lowest BCUT2D eigenvalue weighted by Crippen LogP contribution is -2.60. The zero-order valence-corrected chi connectivity index (χ0v) is 17.6. The molecule has 0 bridgehead atoms. The number of hydrogen-bond donors (Lipinski definition) is 4. The Balaban J connectivity index is 2.01. The SMILES string of the molecule is COc1cc(/C=C/c2ccccc2C#N)c(O[C@@H]2O[C@H](CO)[C@@H](O)[C@H](O)[C@H]2O)c(OC)c1. The summed E-state index contributed by atoms with van der Waals surface area (Å²) in [5.41, 5.74) is 1.64. The van der Waals surface area contributed by atoms with Crippen LogP contribution in [0.15, 0.2) is 36.4 Å². The maximum atomic E-state index is 10.4. The molecular formula is C23H25NO8. The number of methoxy groups -OCH3 is 2. The molecule has 1 aliphatic rings. The van der Waals surface area contributed by atoms with E-state index in [-0.39, 0.29) is 11.5 Å². The molecule has 2 aromatic rings. The molecule has 32 heavy (non-hydrogen) atoms. The molecule has 0 aliphatic carbocycles. The Hall–Kier alpha value is -3.13. The average molecular weight is 443 g/mol. The molecule has 1 aliphatic heterocycles. The second-order valence-electron chi connectivity index (χ2n) is 7.10. The molecule has 170 valence electrons. The van der Waals surface area contributed by atoms with Crippen LogP contribution in [0.2, 0.25) is 0 Å². The molecule has 4 N–H and O–H groups in total. The largest absolute Gasteiger partial charge is 0.497 e. The second-order valence-corrected chi connectivity index (χ2v) is 7.10. The molecule has 3 rings (SSSR count). The van der Waals surface area contributed by atoms with Gasteiger partial charge in [-0.15, -0.1) is 0 Å². The smallest absolute Gasteiger partial charge is 0.229 e. The summed E-state index contributed by atoms with van der Waals surface area (Å²) in [6, 6.07) is 12.4. The highest BCUT2D eigenvalue weighted by molar-refractivity contribution is 5.77. The van der Waals surface area contributed by atoms with Crippen molar-refractivity contribution in [3.8, 4) is 23.3 Å². The van der Waals surface area contributed by atoms with Gasteiger partial charge in [-0.2, -0.15) is 5.26 Å². The number of aliphatic hydroxyl groups is 4. The zero-order chi connectivity index (χ0) is 23.3. The lowest BCUT2D eigenvalue weighted by atomic mass is 9.99. The van der Waals surface area contributed by atoms with Crippen molar-refractivity contribution in [2.75, 3.05) is 20.8 Å². The van der Waals surface area contributed by atoms with E-state index in [1.54, 1.807) is 48.6 Å². The number of hydrogen-bond acceptors (Lipinski definition) is 9. The minimum Gasteiger partial charge on any atom is -0.497 e. The molecule has 0 saturated carbocycles. The lowest BCUT2D eigenvalue weighted by molar-refractivity contribution is -0.277. The molecular weight excluding hydrogens is 418 g/mol. The van der Waals surface area contributed by atoms with Crippen molar-refractivity contribution in [1.82, 2.24) is 0 Å². The first-order valence-corrected chi connectivity index (χ1v) is 9.83. The maximum Gasteiger partial charge on any atom is 0.229 e. The Bertz CT molecular complexity index is 1000. The fraction of sp³-hybridized carbons (Fsp3) is 0.348. The van der Waals surface area contributed by atoms with Crippen LogP contribution in [0.3, 0.4) is 0 Å². The van der Waals surface area contributed by atoms with E-state index in [0.29, 0.717) is 22.4 Å². The zero-order valence-electron chi connectivity index (χ0n) is 17.6. The van der Waals surface area contributed by atoms with Crippen molar-refractivity contribution in [3.63, 3.8) is 0 Å². The Morgan fingerprint density at radius 1 is 1.00 bits per heavy atom. The topological polar surface area (TPSA) is 142 Å². The number of rotatable bonds is 7. The molecule has 5 atom stereocenters. The minimum absolute atomic E-state index is 0.170. The van der Waals surface area contributed by atoms with Crippen molar-refractivity contribution in [2.45, 2.75) is 30.7 Å². The van der Waals surface area contributed by atoms with E-state index in [0.717, 1.165) is 0 Å². The normalized spacial score (nSPS) is 25.3. The number of benzene rings is 2. The first kappa shape index (κ1) is 23.5. The van der Waals surface area contributed by atoms with Crippen molar-refractivity contribution >= 4 is 12.2 Å². The summed E-state index contributed by atoms with van der Waals surface area (Å²) >= 11 is 0. The molecule has 0 spiro atoms. The van der Waals surface area contributed by atoms with Crippen molar-refractivity contribution in [3.05, 3.63) is 53.1 Å². The summed E-state index contributed by atoms with van der Waals surface area (Å²) in [5, 5.41) is 49.2. The standard InChI is InChI=1S/C23H25NO8/c1-29-16-9-14(8-7-13-5-3-4-6-15(13)11-24)22(17(10-16)30-2)32-23-21(28)20(27)19(26)18(12-25)31-23/h3-10,18-21,23,25-28H,12H2,1-2H3/b8-7+/t18-,19-,20+,21-,23+/m1/s1. The summed E-state index contributed by atoms with van der Waals surface area (Å²) in [5.74, 6) is 0.897. The molecule has 1 fully saturated rings. The van der Waals surface area contributed by atoms with Gasteiger partial charge in [-0.05, 0) is 17.7 Å². The molecule has 2 aromatic carbocycles. The van der Waals surface area contributed by atoms with Crippen molar-refractivity contribution in [2.24, 2.45) is 0 Å². The monoisotopic (exact) mass is 443 g/mol. The van der Waals surface area contributed by atoms with Crippen molar-refractivity contribution < 1.29 is 39.4 Å². The predicted octanol–water partition coefficient (Wildman–Crippen LogP) is 0.925. The third kappa shape index (κ3) is 4.85. The van der Waals surface area contributed by atoms with Crippen LogP contribution >= 0.6 is 0 Å². The summed E-state index contributed by atoms with van der Waals surface area (Å²) in [6.07, 6.45) is -3.80. The van der Waals surface area contributed by atoms with Crippen molar-refractivity contribution in [1.29, 1.82) is 5.26 Å². The highest BCUT2D eigenvalue weighted by Crippen LogP contribution is 2.39. The van der Waals surface area contributed by atoms with Gasteiger partial charge in [-0.1, -0.05) is 30.4 Å². The quantitative estimate of drug-likeness (QED) is 0.460. The van der Waals surface area contributed by atoms with Crippen LogP contribution in [-0.4, -0.2) is 72.0 Å². The van der Waals surface area contributed by atoms with Crippen LogP contribution in [0.4, 0.5) is 0 Å². The van der Waals surface area contributed by atoms with Gasteiger partial charge < -0.3 is 39.4 Å². The molecule has 0 unspecified atom stereocenters. The molecule has 1 heterocycles. The Kier molecular flexibility index (Phi) is 7.69. The van der Waals surface area contributed by atoms with Crippen LogP contribution < -0.4 is 14.2 Å². The van der Waals surface area contributed by atoms with Gasteiger partial charge in [0, 0.05) is 11.6 Å². The Morgan fingerprint density at radius 3 is 2.38 bits per heavy atom. The van der Waals surface area contributed by atoms with Crippen LogP contribution in [-0.2, 0) is 4.74 Å². The lowest BCUT2D eigenvalue weighted by Gasteiger charge is -2.39. The maximum absolute atomic E-state index is 10.4. The molecule has 9 heteroatoms. The number of aliphatic hydroxyl groups excluding tert-OH is 4. The van der Waals surface area contributed by atoms with Crippen LogP contribution in [0.5, 0.6) is 17.2 Å². The molecule has 0 radical (unpaired) electrons. The van der Waals surface area contributed by atoms with Crippen LogP contribution in [0.1, 0.15) is 16.7 Å².